The van der Waals surface area contributed by atoms with Crippen LogP contribution in [0.5, 0.6) is 0 Å². The number of nitrogens with zero attached hydrogens (tertiary/aromatic N) is 1. The van der Waals surface area contributed by atoms with Crippen LogP contribution in [0.4, 0.5) is 5.69 Å². The number of nitrogens with one attached hydrogen (secondary N) is 1. The van der Waals surface area contributed by atoms with Crippen LogP contribution in [0.25, 0.3) is 0 Å². The van der Waals surface area contributed by atoms with Gasteiger partial charge in [0.25, 0.3) is 0 Å². The molecule has 0 aromatic heterocycles. The molecule has 0 fully saturated rings. The average Bonchev–Trinajstić information content (AvgIpc) is 2.58. The molecule has 0 bridgehead atoms. The predicted molar refractivity (Wildman–Crippen MR) is 109 cm³/mol. The van der Waals surface area contributed by atoms with E-state index in [1.165, 1.54) is 0 Å². The standard InChI is InChI=1S/C20H23ClN2O3S/c1-13-6-4-8-18(21)17(13)12-20(24)23-11-10-16-15(14(23)2)7-5-9-19(16)22-27(3,25)26/h4-9,14,22H,10-12H2,1-3H3/t14-/m0/s1. The minimum Gasteiger partial charge on any atom is -0.335 e. The van der Waals surface area contributed by atoms with Crippen LogP contribution in [0.2, 0.25) is 5.02 Å². The molecule has 7 heteroatoms. The molecule has 2 aromatic rings. The molecule has 1 aliphatic heterocycles. The van der Waals surface area contributed by atoms with E-state index in [0.717, 1.165) is 28.5 Å². The number of anilines is 1. The Hall–Kier alpha value is -2.05. The summed E-state index contributed by atoms with van der Waals surface area (Å²) in [6, 6.07) is 11.0. The topological polar surface area (TPSA) is 66.5 Å². The van der Waals surface area contributed by atoms with E-state index in [9.17, 15) is 13.2 Å². The molecule has 1 heterocycles. The van der Waals surface area contributed by atoms with Gasteiger partial charge in [-0.3, -0.25) is 9.52 Å². The Morgan fingerprint density at radius 2 is 1.96 bits per heavy atom. The van der Waals surface area contributed by atoms with Gasteiger partial charge in [0.15, 0.2) is 0 Å². The number of amides is 1. The zero-order valence-electron chi connectivity index (χ0n) is 15.6. The zero-order valence-corrected chi connectivity index (χ0v) is 17.2. The fraction of sp³-hybridized carbons (Fsp3) is 0.350. The summed E-state index contributed by atoms with van der Waals surface area (Å²) in [5, 5.41) is 0.605. The van der Waals surface area contributed by atoms with Crippen molar-refractivity contribution in [3.63, 3.8) is 0 Å². The lowest BCUT2D eigenvalue weighted by atomic mass is 9.91. The molecule has 0 saturated carbocycles. The first-order valence-electron chi connectivity index (χ1n) is 8.80. The molecule has 0 radical (unpaired) electrons. The van der Waals surface area contributed by atoms with Crippen LogP contribution in [0.3, 0.4) is 0 Å². The number of sulfonamides is 1. The van der Waals surface area contributed by atoms with Gasteiger partial charge in [-0.2, -0.15) is 0 Å². The van der Waals surface area contributed by atoms with E-state index in [1.807, 2.05) is 43.0 Å². The molecule has 1 aliphatic rings. The molecular formula is C20H23ClN2O3S. The number of carbonyl (C=O) groups excluding carboxylic acids is 1. The molecule has 1 amide bonds. The summed E-state index contributed by atoms with van der Waals surface area (Å²) >= 11 is 6.28. The Labute approximate surface area is 165 Å². The number of aryl methyl sites for hydroxylation is 1. The van der Waals surface area contributed by atoms with Crippen LogP contribution < -0.4 is 4.72 Å². The summed E-state index contributed by atoms with van der Waals surface area (Å²) in [5.74, 6) is 0.0193. The molecule has 0 spiro atoms. The van der Waals surface area contributed by atoms with Crippen molar-refractivity contribution in [2.75, 3.05) is 17.5 Å². The van der Waals surface area contributed by atoms with Gasteiger partial charge in [-0.25, -0.2) is 8.42 Å². The summed E-state index contributed by atoms with van der Waals surface area (Å²) in [4.78, 5) is 14.8. The SMILES string of the molecule is Cc1cccc(Cl)c1CC(=O)N1CCc2c(NS(C)(=O)=O)cccc2[C@@H]1C. The predicted octanol–water partition coefficient (Wildman–Crippen LogP) is 3.71. The lowest BCUT2D eigenvalue weighted by molar-refractivity contribution is -0.133. The number of halogens is 1. The Morgan fingerprint density at radius 1 is 1.26 bits per heavy atom. The third kappa shape index (κ3) is 4.28. The molecule has 0 saturated heterocycles. The highest BCUT2D eigenvalue weighted by molar-refractivity contribution is 7.92. The van der Waals surface area contributed by atoms with Crippen molar-refractivity contribution in [2.24, 2.45) is 0 Å². The molecule has 0 unspecified atom stereocenters. The van der Waals surface area contributed by atoms with Gasteiger partial charge in [-0.1, -0.05) is 35.9 Å². The first-order chi connectivity index (χ1) is 12.7. The molecule has 1 N–H and O–H groups in total. The van der Waals surface area contributed by atoms with E-state index in [1.54, 1.807) is 12.1 Å². The Bertz CT molecular complexity index is 968. The Kier molecular flexibility index (Phi) is 5.49. The highest BCUT2D eigenvalue weighted by Crippen LogP contribution is 2.34. The van der Waals surface area contributed by atoms with E-state index >= 15 is 0 Å². The van der Waals surface area contributed by atoms with Crippen LogP contribution >= 0.6 is 11.6 Å². The number of hydrogen-bond donors (Lipinski definition) is 1. The van der Waals surface area contributed by atoms with Gasteiger partial charge in [-0.15, -0.1) is 0 Å². The molecular weight excluding hydrogens is 384 g/mol. The van der Waals surface area contributed by atoms with Crippen molar-refractivity contribution < 1.29 is 13.2 Å². The van der Waals surface area contributed by atoms with Crippen LogP contribution in [0.1, 0.15) is 35.2 Å². The molecule has 1 atom stereocenters. The summed E-state index contributed by atoms with van der Waals surface area (Å²) in [6.07, 6.45) is 2.00. The minimum atomic E-state index is -3.35. The maximum Gasteiger partial charge on any atom is 0.229 e. The monoisotopic (exact) mass is 406 g/mol. The lowest BCUT2D eigenvalue weighted by Gasteiger charge is -2.36. The molecule has 27 heavy (non-hydrogen) atoms. The van der Waals surface area contributed by atoms with Crippen molar-refractivity contribution >= 4 is 33.2 Å². The smallest absolute Gasteiger partial charge is 0.229 e. The number of carbonyl (C=O) groups is 1. The normalized spacial score (nSPS) is 16.7. The van der Waals surface area contributed by atoms with Crippen molar-refractivity contribution in [3.05, 3.63) is 63.7 Å². The van der Waals surface area contributed by atoms with Gasteiger partial charge < -0.3 is 4.90 Å². The van der Waals surface area contributed by atoms with E-state index in [0.29, 0.717) is 23.7 Å². The minimum absolute atomic E-state index is 0.0193. The maximum absolute atomic E-state index is 13.0. The van der Waals surface area contributed by atoms with Crippen molar-refractivity contribution in [3.8, 4) is 0 Å². The van der Waals surface area contributed by atoms with Gasteiger partial charge in [0.05, 0.1) is 24.4 Å². The summed E-state index contributed by atoms with van der Waals surface area (Å²) in [5.41, 5.74) is 4.37. The third-order valence-corrected chi connectivity index (χ3v) is 5.97. The van der Waals surface area contributed by atoms with E-state index < -0.39 is 10.0 Å². The van der Waals surface area contributed by atoms with Crippen LogP contribution in [-0.4, -0.2) is 32.0 Å². The fourth-order valence-electron chi connectivity index (χ4n) is 3.65. The number of fused-ring (bicyclic) bond motifs is 1. The zero-order chi connectivity index (χ0) is 19.8. The summed E-state index contributed by atoms with van der Waals surface area (Å²) < 4.78 is 25.8. The van der Waals surface area contributed by atoms with Gasteiger partial charge in [0.2, 0.25) is 15.9 Å². The van der Waals surface area contributed by atoms with Crippen LogP contribution in [0, 0.1) is 6.92 Å². The third-order valence-electron chi connectivity index (χ3n) is 5.03. The molecule has 5 nitrogen and oxygen atoms in total. The van der Waals surface area contributed by atoms with Crippen molar-refractivity contribution in [2.45, 2.75) is 32.7 Å². The second-order valence-corrected chi connectivity index (χ2v) is 9.13. The molecule has 2 aromatic carbocycles. The Balaban J connectivity index is 1.86. The van der Waals surface area contributed by atoms with E-state index in [4.69, 9.17) is 11.6 Å². The van der Waals surface area contributed by atoms with Gasteiger partial charge in [0, 0.05) is 11.6 Å². The maximum atomic E-state index is 13.0. The number of benzene rings is 2. The fourth-order valence-corrected chi connectivity index (χ4v) is 4.53. The van der Waals surface area contributed by atoms with Crippen molar-refractivity contribution in [1.82, 2.24) is 4.90 Å². The van der Waals surface area contributed by atoms with Crippen molar-refractivity contribution in [1.29, 1.82) is 0 Å². The molecule has 0 aliphatic carbocycles. The van der Waals surface area contributed by atoms with E-state index in [2.05, 4.69) is 4.72 Å². The molecule has 3 rings (SSSR count). The summed E-state index contributed by atoms with van der Waals surface area (Å²) in [7, 11) is -3.35. The van der Waals surface area contributed by atoms with Crippen LogP contribution in [-0.2, 0) is 27.7 Å². The number of rotatable bonds is 4. The second-order valence-electron chi connectivity index (χ2n) is 6.97. The summed E-state index contributed by atoms with van der Waals surface area (Å²) in [6.45, 7) is 4.46. The molecule has 144 valence electrons. The highest BCUT2D eigenvalue weighted by atomic mass is 35.5. The highest BCUT2D eigenvalue weighted by Gasteiger charge is 2.29. The Morgan fingerprint density at radius 3 is 2.63 bits per heavy atom. The second kappa shape index (κ2) is 7.52. The average molecular weight is 407 g/mol. The van der Waals surface area contributed by atoms with Gasteiger partial charge in [-0.05, 0) is 54.7 Å². The van der Waals surface area contributed by atoms with E-state index in [-0.39, 0.29) is 18.4 Å². The lowest BCUT2D eigenvalue weighted by Crippen LogP contribution is -2.40. The first kappa shape index (κ1) is 19.7. The van der Waals surface area contributed by atoms with Gasteiger partial charge in [0.1, 0.15) is 0 Å². The largest absolute Gasteiger partial charge is 0.335 e. The number of hydrogen-bond acceptors (Lipinski definition) is 3. The van der Waals surface area contributed by atoms with Crippen LogP contribution in [0.15, 0.2) is 36.4 Å². The quantitative estimate of drug-likeness (QED) is 0.841. The van der Waals surface area contributed by atoms with Gasteiger partial charge >= 0.3 is 0 Å². The first-order valence-corrected chi connectivity index (χ1v) is 11.1.